The van der Waals surface area contributed by atoms with Crippen molar-refractivity contribution in [1.29, 1.82) is 0 Å². The first-order valence-electron chi connectivity index (χ1n) is 7.04. The molecular formula is C14H13ClF2N4O. The fraction of sp³-hybridized carbons (Fsp3) is 0.500. The van der Waals surface area contributed by atoms with Gasteiger partial charge in [0.1, 0.15) is 17.1 Å². The second kappa shape index (κ2) is 4.96. The molecule has 0 amide bonds. The summed E-state index contributed by atoms with van der Waals surface area (Å²) >= 11 is 5.98. The van der Waals surface area contributed by atoms with Crippen molar-refractivity contribution >= 4 is 28.3 Å². The third kappa shape index (κ3) is 2.03. The molecule has 3 atom stereocenters. The van der Waals surface area contributed by atoms with Crippen molar-refractivity contribution in [2.45, 2.75) is 19.1 Å². The van der Waals surface area contributed by atoms with Crippen LogP contribution in [0.2, 0.25) is 5.15 Å². The Morgan fingerprint density at radius 3 is 3.05 bits per heavy atom. The van der Waals surface area contributed by atoms with Crippen molar-refractivity contribution in [2.75, 3.05) is 24.7 Å². The second-order valence-corrected chi connectivity index (χ2v) is 5.98. The summed E-state index contributed by atoms with van der Waals surface area (Å²) in [5.41, 5.74) is 0.984. The minimum atomic E-state index is -0.977. The van der Waals surface area contributed by atoms with E-state index in [1.807, 2.05) is 0 Å². The van der Waals surface area contributed by atoms with E-state index in [-0.39, 0.29) is 17.1 Å². The molecule has 1 saturated carbocycles. The molecule has 0 N–H and O–H groups in total. The molecule has 2 aromatic heterocycles. The Labute approximate surface area is 130 Å². The summed E-state index contributed by atoms with van der Waals surface area (Å²) in [6.07, 6.45) is -0.323. The summed E-state index contributed by atoms with van der Waals surface area (Å²) in [6.45, 7) is 3.01. The number of anilines is 1. The fourth-order valence-corrected chi connectivity index (χ4v) is 3.20. The number of pyridine rings is 1. The van der Waals surface area contributed by atoms with Crippen molar-refractivity contribution in [2.24, 2.45) is 5.92 Å². The molecule has 0 bridgehead atoms. The molecule has 1 aliphatic heterocycles. The van der Waals surface area contributed by atoms with Crippen molar-refractivity contribution in [3.8, 4) is 0 Å². The molecule has 0 aromatic carbocycles. The van der Waals surface area contributed by atoms with E-state index in [0.29, 0.717) is 42.0 Å². The number of halogens is 3. The van der Waals surface area contributed by atoms with Crippen LogP contribution in [-0.4, -0.2) is 46.9 Å². The number of rotatable bonds is 1. The SMILES string of the molecule is Cc1c(Cl)ncc2c(N3CCOCC4[C@H](F)[C@H]43)nc(F)nc12. The Morgan fingerprint density at radius 1 is 1.41 bits per heavy atom. The fourth-order valence-electron chi connectivity index (χ4n) is 3.06. The van der Waals surface area contributed by atoms with E-state index in [1.54, 1.807) is 11.8 Å². The van der Waals surface area contributed by atoms with Gasteiger partial charge in [-0.3, -0.25) is 0 Å². The Hall–Kier alpha value is -1.60. The van der Waals surface area contributed by atoms with E-state index in [2.05, 4.69) is 15.0 Å². The van der Waals surface area contributed by atoms with E-state index >= 15 is 0 Å². The van der Waals surface area contributed by atoms with Crippen LogP contribution in [0.3, 0.4) is 0 Å². The van der Waals surface area contributed by atoms with Gasteiger partial charge in [-0.2, -0.15) is 9.37 Å². The van der Waals surface area contributed by atoms with Gasteiger partial charge >= 0.3 is 6.08 Å². The Balaban J connectivity index is 1.89. The van der Waals surface area contributed by atoms with Crippen LogP contribution in [0.1, 0.15) is 5.56 Å². The lowest BCUT2D eigenvalue weighted by atomic mass is 10.2. The number of aryl methyl sites for hydroxylation is 1. The average molecular weight is 327 g/mol. The minimum Gasteiger partial charge on any atom is -0.379 e. The number of nitrogens with zero attached hydrogens (tertiary/aromatic N) is 4. The van der Waals surface area contributed by atoms with Gasteiger partial charge in [-0.1, -0.05) is 11.6 Å². The molecule has 2 fully saturated rings. The second-order valence-electron chi connectivity index (χ2n) is 5.62. The standard InChI is InChI=1S/C14H13ClF2N4O/c1-6-10-7(4-18-12(6)15)13(20-14(17)19-10)21-2-3-22-5-8-9(16)11(8)21/h4,8-9,11H,2-3,5H2,1H3/t8?,9-,11-/m0/s1. The highest BCUT2D eigenvalue weighted by Crippen LogP contribution is 2.44. The summed E-state index contributed by atoms with van der Waals surface area (Å²) in [4.78, 5) is 13.6. The Bertz CT molecular complexity index is 759. The minimum absolute atomic E-state index is 0.183. The van der Waals surface area contributed by atoms with Gasteiger partial charge in [-0.15, -0.1) is 0 Å². The lowest BCUT2D eigenvalue weighted by molar-refractivity contribution is 0.130. The summed E-state index contributed by atoms with van der Waals surface area (Å²) in [5, 5.41) is 0.839. The van der Waals surface area contributed by atoms with Gasteiger partial charge in [0.15, 0.2) is 0 Å². The smallest absolute Gasteiger partial charge is 0.311 e. The number of aromatic nitrogens is 3. The third-order valence-corrected chi connectivity index (χ3v) is 4.70. The van der Waals surface area contributed by atoms with Crippen LogP contribution in [0.4, 0.5) is 14.6 Å². The Morgan fingerprint density at radius 2 is 2.23 bits per heavy atom. The quantitative estimate of drug-likeness (QED) is 0.594. The first kappa shape index (κ1) is 14.0. The molecule has 0 spiro atoms. The molecule has 2 aliphatic rings. The highest BCUT2D eigenvalue weighted by atomic mass is 35.5. The zero-order valence-corrected chi connectivity index (χ0v) is 12.5. The van der Waals surface area contributed by atoms with Crippen LogP contribution in [0, 0.1) is 18.9 Å². The molecule has 22 heavy (non-hydrogen) atoms. The topological polar surface area (TPSA) is 51.1 Å². The van der Waals surface area contributed by atoms with Crippen LogP contribution in [0.15, 0.2) is 6.20 Å². The van der Waals surface area contributed by atoms with Crippen LogP contribution in [0.5, 0.6) is 0 Å². The molecule has 3 heterocycles. The number of alkyl halides is 1. The van der Waals surface area contributed by atoms with E-state index in [9.17, 15) is 8.78 Å². The molecule has 8 heteroatoms. The van der Waals surface area contributed by atoms with Gasteiger partial charge in [0, 0.05) is 24.2 Å². The maximum absolute atomic E-state index is 13.9. The number of hydrogen-bond acceptors (Lipinski definition) is 5. The molecule has 1 aliphatic carbocycles. The molecular weight excluding hydrogens is 314 g/mol. The molecule has 116 valence electrons. The van der Waals surface area contributed by atoms with Crippen molar-refractivity contribution < 1.29 is 13.5 Å². The normalized spacial score (nSPS) is 27.6. The number of hydrogen-bond donors (Lipinski definition) is 0. The molecule has 4 rings (SSSR count). The van der Waals surface area contributed by atoms with Gasteiger partial charge in [0.05, 0.1) is 30.2 Å². The predicted molar refractivity (Wildman–Crippen MR) is 77.4 cm³/mol. The Kier molecular flexibility index (Phi) is 3.16. The van der Waals surface area contributed by atoms with Crippen LogP contribution in [0.25, 0.3) is 10.9 Å². The predicted octanol–water partition coefficient (Wildman–Crippen LogP) is 2.30. The van der Waals surface area contributed by atoms with Gasteiger partial charge in [0.25, 0.3) is 0 Å². The van der Waals surface area contributed by atoms with Gasteiger partial charge in [-0.25, -0.2) is 14.4 Å². The highest BCUT2D eigenvalue weighted by molar-refractivity contribution is 6.31. The maximum Gasteiger partial charge on any atom is 0.311 e. The summed E-state index contributed by atoms with van der Waals surface area (Å²) in [5.74, 6) is 0.173. The molecule has 0 radical (unpaired) electrons. The lowest BCUT2D eigenvalue weighted by Crippen LogP contribution is -2.31. The molecule has 5 nitrogen and oxygen atoms in total. The van der Waals surface area contributed by atoms with Crippen LogP contribution < -0.4 is 4.90 Å². The number of ether oxygens (including phenoxy) is 1. The van der Waals surface area contributed by atoms with E-state index in [4.69, 9.17) is 16.3 Å². The third-order valence-electron chi connectivity index (χ3n) is 4.32. The summed E-state index contributed by atoms with van der Waals surface area (Å²) in [6, 6.07) is -0.323. The van der Waals surface area contributed by atoms with Crippen LogP contribution >= 0.6 is 11.6 Å². The lowest BCUT2D eigenvalue weighted by Gasteiger charge is -2.23. The van der Waals surface area contributed by atoms with Gasteiger partial charge in [0.2, 0.25) is 0 Å². The molecule has 1 unspecified atom stereocenters. The van der Waals surface area contributed by atoms with E-state index in [0.717, 1.165) is 0 Å². The maximum atomic E-state index is 13.9. The summed E-state index contributed by atoms with van der Waals surface area (Å²) < 4.78 is 33.2. The number of fused-ring (bicyclic) bond motifs is 2. The van der Waals surface area contributed by atoms with Crippen molar-refractivity contribution in [1.82, 2.24) is 15.0 Å². The van der Waals surface area contributed by atoms with Gasteiger partial charge in [-0.05, 0) is 6.92 Å². The van der Waals surface area contributed by atoms with Crippen molar-refractivity contribution in [3.63, 3.8) is 0 Å². The molecule has 2 aromatic rings. The highest BCUT2D eigenvalue weighted by Gasteiger charge is 2.56. The largest absolute Gasteiger partial charge is 0.379 e. The molecule has 1 saturated heterocycles. The monoisotopic (exact) mass is 326 g/mol. The van der Waals surface area contributed by atoms with Crippen molar-refractivity contribution in [3.05, 3.63) is 23.0 Å². The van der Waals surface area contributed by atoms with E-state index < -0.39 is 12.2 Å². The first-order valence-corrected chi connectivity index (χ1v) is 7.42. The zero-order chi connectivity index (χ0) is 15.4. The van der Waals surface area contributed by atoms with Gasteiger partial charge < -0.3 is 9.64 Å². The first-order chi connectivity index (χ1) is 10.6. The summed E-state index contributed by atoms with van der Waals surface area (Å²) in [7, 11) is 0. The zero-order valence-electron chi connectivity index (χ0n) is 11.8. The average Bonchev–Trinajstić information content (AvgIpc) is 3.18. The van der Waals surface area contributed by atoms with Crippen LogP contribution in [-0.2, 0) is 4.74 Å². The van der Waals surface area contributed by atoms with E-state index in [1.165, 1.54) is 6.20 Å².